The lowest BCUT2D eigenvalue weighted by atomic mass is 10.2. The van der Waals surface area contributed by atoms with Crippen molar-refractivity contribution in [3.63, 3.8) is 0 Å². The third-order valence-electron chi connectivity index (χ3n) is 2.04. The number of rotatable bonds is 4. The molecule has 1 aromatic carbocycles. The summed E-state index contributed by atoms with van der Waals surface area (Å²) in [6, 6.07) is 2.60. The van der Waals surface area contributed by atoms with Crippen LogP contribution in [0.25, 0.3) is 0 Å². The van der Waals surface area contributed by atoms with Crippen LogP contribution in [0.5, 0.6) is 0 Å². The van der Waals surface area contributed by atoms with Crippen LogP contribution < -0.4 is 5.32 Å². The Hall–Kier alpha value is -0.920. The van der Waals surface area contributed by atoms with E-state index in [0.717, 1.165) is 0 Å². The van der Waals surface area contributed by atoms with Crippen LogP contribution in [0.15, 0.2) is 16.6 Å². The van der Waals surface area contributed by atoms with Gasteiger partial charge in [-0.25, -0.2) is 8.78 Å². The maximum absolute atomic E-state index is 13.5. The van der Waals surface area contributed by atoms with Crippen molar-refractivity contribution in [3.8, 4) is 11.8 Å². The molecule has 0 saturated heterocycles. The Kier molecular flexibility index (Phi) is 5.44. The highest BCUT2D eigenvalue weighted by atomic mass is 79.9. The molecular weight excluding hydrogens is 276 g/mol. The molecule has 1 aromatic rings. The molecule has 0 saturated carbocycles. The molecule has 0 spiro atoms. The molecule has 0 aliphatic heterocycles. The second-order valence-electron chi connectivity index (χ2n) is 3.18. The highest BCUT2D eigenvalue weighted by molar-refractivity contribution is 9.10. The molecule has 1 rings (SSSR count). The molecular formula is C12H12BrF2N. The third-order valence-corrected chi connectivity index (χ3v) is 2.66. The maximum Gasteiger partial charge on any atom is 0.144 e. The number of hydrogen-bond acceptors (Lipinski definition) is 1. The van der Waals surface area contributed by atoms with Gasteiger partial charge in [0.1, 0.15) is 11.6 Å². The highest BCUT2D eigenvalue weighted by Crippen LogP contribution is 2.21. The molecule has 86 valence electrons. The predicted octanol–water partition coefficient (Wildman–Crippen LogP) is 3.23. The van der Waals surface area contributed by atoms with E-state index in [1.54, 1.807) is 6.92 Å². The van der Waals surface area contributed by atoms with E-state index < -0.39 is 11.6 Å². The van der Waals surface area contributed by atoms with Gasteiger partial charge >= 0.3 is 0 Å². The van der Waals surface area contributed by atoms with Crippen molar-refractivity contribution in [1.82, 2.24) is 5.32 Å². The zero-order chi connectivity index (χ0) is 12.0. The molecule has 4 heteroatoms. The molecule has 0 aliphatic rings. The van der Waals surface area contributed by atoms with E-state index in [4.69, 9.17) is 0 Å². The Bertz CT molecular complexity index is 421. The maximum atomic E-state index is 13.5. The fourth-order valence-electron chi connectivity index (χ4n) is 1.22. The van der Waals surface area contributed by atoms with Crippen molar-refractivity contribution in [2.24, 2.45) is 0 Å². The SMILES string of the molecule is CC#CCCNCc1c(F)ccc(Br)c1F. The normalized spacial score (nSPS) is 9.75. The summed E-state index contributed by atoms with van der Waals surface area (Å²) >= 11 is 3.02. The van der Waals surface area contributed by atoms with Crippen LogP contribution in [-0.2, 0) is 6.54 Å². The monoisotopic (exact) mass is 287 g/mol. The van der Waals surface area contributed by atoms with Gasteiger partial charge in [0.2, 0.25) is 0 Å². The number of nitrogens with one attached hydrogen (secondary N) is 1. The molecule has 0 unspecified atom stereocenters. The Morgan fingerprint density at radius 1 is 1.38 bits per heavy atom. The molecule has 0 bridgehead atoms. The van der Waals surface area contributed by atoms with Crippen molar-refractivity contribution in [2.75, 3.05) is 6.54 Å². The van der Waals surface area contributed by atoms with E-state index in [9.17, 15) is 8.78 Å². The summed E-state index contributed by atoms with van der Waals surface area (Å²) < 4.78 is 27.0. The quantitative estimate of drug-likeness (QED) is 0.509. The molecule has 1 N–H and O–H groups in total. The molecule has 0 atom stereocenters. The Balaban J connectivity index is 2.58. The van der Waals surface area contributed by atoms with Gasteiger partial charge in [-0.15, -0.1) is 11.8 Å². The van der Waals surface area contributed by atoms with E-state index in [-0.39, 0.29) is 16.6 Å². The summed E-state index contributed by atoms with van der Waals surface area (Å²) in [7, 11) is 0. The lowest BCUT2D eigenvalue weighted by Gasteiger charge is -2.07. The average Bonchev–Trinajstić information content (AvgIpc) is 2.28. The Morgan fingerprint density at radius 3 is 2.81 bits per heavy atom. The fourth-order valence-corrected chi connectivity index (χ4v) is 1.59. The van der Waals surface area contributed by atoms with Crippen LogP contribution in [0, 0.1) is 23.5 Å². The van der Waals surface area contributed by atoms with Crippen molar-refractivity contribution in [3.05, 3.63) is 33.8 Å². The van der Waals surface area contributed by atoms with Gasteiger partial charge in [0, 0.05) is 25.1 Å². The Morgan fingerprint density at radius 2 is 2.12 bits per heavy atom. The van der Waals surface area contributed by atoms with Gasteiger partial charge in [-0.3, -0.25) is 0 Å². The molecule has 0 amide bonds. The van der Waals surface area contributed by atoms with E-state index in [1.807, 2.05) is 0 Å². The van der Waals surface area contributed by atoms with Gasteiger partial charge in [0.05, 0.1) is 4.47 Å². The topological polar surface area (TPSA) is 12.0 Å². The van der Waals surface area contributed by atoms with Gasteiger partial charge in [0.15, 0.2) is 0 Å². The first-order valence-corrected chi connectivity index (χ1v) is 5.68. The minimum atomic E-state index is -0.547. The zero-order valence-corrected chi connectivity index (χ0v) is 10.5. The summed E-state index contributed by atoms with van der Waals surface area (Å²) in [5.41, 5.74) is 0.0545. The molecule has 0 fully saturated rings. The number of benzene rings is 1. The average molecular weight is 288 g/mol. The fraction of sp³-hybridized carbons (Fsp3) is 0.333. The summed E-state index contributed by atoms with van der Waals surface area (Å²) in [6.07, 6.45) is 0.674. The molecule has 0 aliphatic carbocycles. The Labute approximate surface area is 102 Å². The highest BCUT2D eigenvalue weighted by Gasteiger charge is 2.11. The lowest BCUT2D eigenvalue weighted by Crippen LogP contribution is -2.16. The van der Waals surface area contributed by atoms with E-state index in [0.29, 0.717) is 13.0 Å². The third kappa shape index (κ3) is 3.58. The minimum Gasteiger partial charge on any atom is -0.312 e. The van der Waals surface area contributed by atoms with Crippen LogP contribution in [0.1, 0.15) is 18.9 Å². The number of halogens is 3. The standard InChI is InChI=1S/C12H12BrF2N/c1-2-3-4-7-16-8-9-11(14)6-5-10(13)12(9)15/h5-6,16H,4,7-8H2,1H3. The van der Waals surface area contributed by atoms with Gasteiger partial charge in [-0.05, 0) is 35.0 Å². The van der Waals surface area contributed by atoms with E-state index in [2.05, 4.69) is 33.1 Å². The summed E-state index contributed by atoms with van der Waals surface area (Å²) in [5.74, 6) is 4.54. The van der Waals surface area contributed by atoms with Crippen molar-refractivity contribution < 1.29 is 8.78 Å². The van der Waals surface area contributed by atoms with E-state index in [1.165, 1.54) is 12.1 Å². The smallest absolute Gasteiger partial charge is 0.144 e. The summed E-state index contributed by atoms with van der Waals surface area (Å²) in [4.78, 5) is 0. The second-order valence-corrected chi connectivity index (χ2v) is 4.03. The first-order chi connectivity index (χ1) is 7.66. The number of hydrogen-bond donors (Lipinski definition) is 1. The van der Waals surface area contributed by atoms with E-state index >= 15 is 0 Å². The van der Waals surface area contributed by atoms with Crippen molar-refractivity contribution >= 4 is 15.9 Å². The van der Waals surface area contributed by atoms with Crippen LogP contribution in [0.2, 0.25) is 0 Å². The van der Waals surface area contributed by atoms with Crippen molar-refractivity contribution in [1.29, 1.82) is 0 Å². The summed E-state index contributed by atoms with van der Waals surface area (Å²) in [6.45, 7) is 2.54. The van der Waals surface area contributed by atoms with Crippen LogP contribution >= 0.6 is 15.9 Å². The molecule has 0 radical (unpaired) electrons. The first kappa shape index (κ1) is 13.1. The van der Waals surface area contributed by atoms with Crippen molar-refractivity contribution in [2.45, 2.75) is 19.9 Å². The van der Waals surface area contributed by atoms with Crippen LogP contribution in [-0.4, -0.2) is 6.54 Å². The van der Waals surface area contributed by atoms with Gasteiger partial charge in [-0.2, -0.15) is 0 Å². The zero-order valence-electron chi connectivity index (χ0n) is 8.91. The first-order valence-electron chi connectivity index (χ1n) is 4.89. The van der Waals surface area contributed by atoms with Crippen LogP contribution in [0.4, 0.5) is 8.78 Å². The predicted molar refractivity (Wildman–Crippen MR) is 63.8 cm³/mol. The second kappa shape index (κ2) is 6.62. The summed E-state index contributed by atoms with van der Waals surface area (Å²) in [5, 5.41) is 2.94. The lowest BCUT2D eigenvalue weighted by molar-refractivity contribution is 0.534. The van der Waals surface area contributed by atoms with Gasteiger partial charge < -0.3 is 5.32 Å². The molecule has 0 heterocycles. The van der Waals surface area contributed by atoms with Gasteiger partial charge in [0.25, 0.3) is 0 Å². The van der Waals surface area contributed by atoms with Gasteiger partial charge in [-0.1, -0.05) is 0 Å². The minimum absolute atomic E-state index is 0.0545. The van der Waals surface area contributed by atoms with Crippen LogP contribution in [0.3, 0.4) is 0 Å². The molecule has 1 nitrogen and oxygen atoms in total. The largest absolute Gasteiger partial charge is 0.312 e. The molecule has 0 aromatic heterocycles. The molecule has 16 heavy (non-hydrogen) atoms.